The van der Waals surface area contributed by atoms with Gasteiger partial charge in [0.05, 0.1) is 6.42 Å². The maximum absolute atomic E-state index is 11.0. The van der Waals surface area contributed by atoms with Gasteiger partial charge in [0.2, 0.25) is 0 Å². The summed E-state index contributed by atoms with van der Waals surface area (Å²) in [5, 5.41) is 19.4. The normalized spacial score (nSPS) is 12.6. The molecule has 19 heavy (non-hydrogen) atoms. The number of phenols is 1. The Kier molecular flexibility index (Phi) is 6.12. The highest BCUT2D eigenvalue weighted by atomic mass is 35.5. The SMILES string of the molecule is CCN(CC)C(CC(=O)O)Cc1cc(Cl)ccc1O. The lowest BCUT2D eigenvalue weighted by Crippen LogP contribution is -2.38. The van der Waals surface area contributed by atoms with Crippen LogP contribution in [0, 0.1) is 0 Å². The molecule has 0 aliphatic rings. The molecule has 0 amide bonds. The fourth-order valence-corrected chi connectivity index (χ4v) is 2.44. The van der Waals surface area contributed by atoms with Gasteiger partial charge in [-0.25, -0.2) is 0 Å². The Hall–Kier alpha value is -1.26. The summed E-state index contributed by atoms with van der Waals surface area (Å²) in [6.07, 6.45) is 0.522. The second-order valence-corrected chi connectivity index (χ2v) is 4.89. The van der Waals surface area contributed by atoms with E-state index in [1.54, 1.807) is 12.1 Å². The Morgan fingerprint density at radius 3 is 2.53 bits per heavy atom. The number of phenolic OH excluding ortho intramolecular Hbond substituents is 1. The van der Waals surface area contributed by atoms with Gasteiger partial charge >= 0.3 is 5.97 Å². The number of halogens is 1. The molecule has 5 heteroatoms. The van der Waals surface area contributed by atoms with Crippen molar-refractivity contribution in [2.75, 3.05) is 13.1 Å². The first kappa shape index (κ1) is 15.8. The number of hydrogen-bond donors (Lipinski definition) is 2. The summed E-state index contributed by atoms with van der Waals surface area (Å²) in [7, 11) is 0. The molecule has 0 bridgehead atoms. The molecule has 1 aromatic rings. The third-order valence-corrected chi connectivity index (χ3v) is 3.47. The summed E-state index contributed by atoms with van der Waals surface area (Å²) in [5.74, 6) is -0.676. The summed E-state index contributed by atoms with van der Waals surface area (Å²) in [4.78, 5) is 13.1. The predicted molar refractivity (Wildman–Crippen MR) is 75.8 cm³/mol. The molecule has 1 unspecified atom stereocenters. The van der Waals surface area contributed by atoms with Gasteiger partial charge in [0.15, 0.2) is 0 Å². The highest BCUT2D eigenvalue weighted by Gasteiger charge is 2.21. The zero-order chi connectivity index (χ0) is 14.4. The number of aromatic hydroxyl groups is 1. The van der Waals surface area contributed by atoms with Crippen LogP contribution in [-0.4, -0.2) is 40.2 Å². The molecule has 0 saturated carbocycles. The van der Waals surface area contributed by atoms with Crippen LogP contribution in [0.15, 0.2) is 18.2 Å². The lowest BCUT2D eigenvalue weighted by Gasteiger charge is -2.28. The van der Waals surface area contributed by atoms with E-state index in [-0.39, 0.29) is 18.2 Å². The number of carbonyl (C=O) groups is 1. The van der Waals surface area contributed by atoms with Crippen molar-refractivity contribution in [2.24, 2.45) is 0 Å². The van der Waals surface area contributed by atoms with Crippen LogP contribution in [-0.2, 0) is 11.2 Å². The number of carboxylic acid groups (broad SMARTS) is 1. The van der Waals surface area contributed by atoms with E-state index in [9.17, 15) is 9.90 Å². The summed E-state index contributed by atoms with van der Waals surface area (Å²) in [6.45, 7) is 5.54. The Labute approximate surface area is 118 Å². The molecule has 0 fully saturated rings. The zero-order valence-corrected chi connectivity index (χ0v) is 12.0. The molecular formula is C14H20ClNO3. The van der Waals surface area contributed by atoms with Gasteiger partial charge in [-0.3, -0.25) is 4.79 Å². The molecule has 0 saturated heterocycles. The minimum Gasteiger partial charge on any atom is -0.508 e. The molecule has 4 nitrogen and oxygen atoms in total. The maximum Gasteiger partial charge on any atom is 0.304 e. The van der Waals surface area contributed by atoms with E-state index in [0.29, 0.717) is 17.0 Å². The van der Waals surface area contributed by atoms with Crippen molar-refractivity contribution in [3.63, 3.8) is 0 Å². The van der Waals surface area contributed by atoms with E-state index in [2.05, 4.69) is 4.90 Å². The molecule has 0 heterocycles. The van der Waals surface area contributed by atoms with Gasteiger partial charge in [0.25, 0.3) is 0 Å². The predicted octanol–water partition coefficient (Wildman–Crippen LogP) is 2.77. The number of benzene rings is 1. The molecule has 0 spiro atoms. The van der Waals surface area contributed by atoms with Crippen LogP contribution >= 0.6 is 11.6 Å². The number of rotatable bonds is 7. The molecule has 0 radical (unpaired) electrons. The second kappa shape index (κ2) is 7.36. The number of nitrogens with zero attached hydrogens (tertiary/aromatic N) is 1. The molecule has 0 aliphatic heterocycles. The zero-order valence-electron chi connectivity index (χ0n) is 11.3. The number of aliphatic carboxylic acids is 1. The van der Waals surface area contributed by atoms with E-state index in [1.165, 1.54) is 6.07 Å². The summed E-state index contributed by atoms with van der Waals surface area (Å²) >= 11 is 5.91. The van der Waals surface area contributed by atoms with Gasteiger partial charge in [0, 0.05) is 11.1 Å². The first-order chi connectivity index (χ1) is 8.97. The van der Waals surface area contributed by atoms with Crippen LogP contribution in [0.4, 0.5) is 0 Å². The van der Waals surface area contributed by atoms with Crippen LogP contribution in [0.1, 0.15) is 25.8 Å². The van der Waals surface area contributed by atoms with Gasteiger partial charge in [-0.05, 0) is 43.3 Å². The topological polar surface area (TPSA) is 60.8 Å². The fourth-order valence-electron chi connectivity index (χ4n) is 2.24. The first-order valence-corrected chi connectivity index (χ1v) is 6.78. The second-order valence-electron chi connectivity index (χ2n) is 4.45. The third-order valence-electron chi connectivity index (χ3n) is 3.24. The highest BCUT2D eigenvalue weighted by molar-refractivity contribution is 6.30. The van der Waals surface area contributed by atoms with E-state index in [1.807, 2.05) is 13.8 Å². The monoisotopic (exact) mass is 285 g/mol. The van der Waals surface area contributed by atoms with Crippen molar-refractivity contribution < 1.29 is 15.0 Å². The summed E-state index contributed by atoms with van der Waals surface area (Å²) < 4.78 is 0. The van der Waals surface area contributed by atoms with Gasteiger partial charge in [0.1, 0.15) is 5.75 Å². The third kappa shape index (κ3) is 4.73. The van der Waals surface area contributed by atoms with Crippen LogP contribution in [0.2, 0.25) is 5.02 Å². The fraction of sp³-hybridized carbons (Fsp3) is 0.500. The van der Waals surface area contributed by atoms with Gasteiger partial charge in [-0.2, -0.15) is 0 Å². The Morgan fingerprint density at radius 1 is 1.37 bits per heavy atom. The molecule has 0 aromatic heterocycles. The van der Waals surface area contributed by atoms with E-state index < -0.39 is 5.97 Å². The molecule has 0 aliphatic carbocycles. The lowest BCUT2D eigenvalue weighted by molar-refractivity contribution is -0.138. The first-order valence-electron chi connectivity index (χ1n) is 6.41. The Morgan fingerprint density at radius 2 is 2.00 bits per heavy atom. The van der Waals surface area contributed by atoms with Gasteiger partial charge in [-0.15, -0.1) is 0 Å². The van der Waals surface area contributed by atoms with Crippen molar-refractivity contribution in [2.45, 2.75) is 32.7 Å². The van der Waals surface area contributed by atoms with Crippen LogP contribution in [0.5, 0.6) is 5.75 Å². The highest BCUT2D eigenvalue weighted by Crippen LogP contribution is 2.24. The average Bonchev–Trinajstić information content (AvgIpc) is 2.34. The Balaban J connectivity index is 2.92. The summed E-state index contributed by atoms with van der Waals surface area (Å²) in [5.41, 5.74) is 0.686. The smallest absolute Gasteiger partial charge is 0.304 e. The molecule has 1 rings (SSSR count). The molecule has 1 atom stereocenters. The van der Waals surface area contributed by atoms with Crippen molar-refractivity contribution >= 4 is 17.6 Å². The number of likely N-dealkylation sites (N-methyl/N-ethyl adjacent to an activating group) is 1. The van der Waals surface area contributed by atoms with Crippen molar-refractivity contribution in [3.8, 4) is 5.75 Å². The quantitative estimate of drug-likeness (QED) is 0.809. The van der Waals surface area contributed by atoms with Gasteiger partial charge < -0.3 is 15.1 Å². The Bertz CT molecular complexity index is 433. The van der Waals surface area contributed by atoms with E-state index >= 15 is 0 Å². The summed E-state index contributed by atoms with van der Waals surface area (Å²) in [6, 6.07) is 4.70. The average molecular weight is 286 g/mol. The van der Waals surface area contributed by atoms with Gasteiger partial charge in [-0.1, -0.05) is 25.4 Å². The largest absolute Gasteiger partial charge is 0.508 e. The maximum atomic E-state index is 11.0. The standard InChI is InChI=1S/C14H20ClNO3/c1-3-16(4-2)12(9-14(18)19)8-10-7-11(15)5-6-13(10)17/h5-7,12,17H,3-4,8-9H2,1-2H3,(H,18,19). The molecular weight excluding hydrogens is 266 g/mol. The van der Waals surface area contributed by atoms with Crippen LogP contribution in [0.3, 0.4) is 0 Å². The molecule has 1 aromatic carbocycles. The van der Waals surface area contributed by atoms with Crippen molar-refractivity contribution in [1.82, 2.24) is 4.90 Å². The molecule has 106 valence electrons. The minimum atomic E-state index is -0.835. The van der Waals surface area contributed by atoms with Crippen LogP contribution in [0.25, 0.3) is 0 Å². The molecule has 2 N–H and O–H groups in total. The van der Waals surface area contributed by atoms with Crippen LogP contribution < -0.4 is 0 Å². The number of hydrogen-bond acceptors (Lipinski definition) is 3. The van der Waals surface area contributed by atoms with Crippen molar-refractivity contribution in [1.29, 1.82) is 0 Å². The number of carboxylic acids is 1. The van der Waals surface area contributed by atoms with Crippen molar-refractivity contribution in [3.05, 3.63) is 28.8 Å². The lowest BCUT2D eigenvalue weighted by atomic mass is 10.0. The minimum absolute atomic E-state index is 0.0492. The van der Waals surface area contributed by atoms with E-state index in [4.69, 9.17) is 16.7 Å². The van der Waals surface area contributed by atoms with E-state index in [0.717, 1.165) is 13.1 Å².